The molecule has 1 aromatic carbocycles. The Morgan fingerprint density at radius 1 is 1.47 bits per heavy atom. The van der Waals surface area contributed by atoms with Crippen molar-refractivity contribution in [3.8, 4) is 0 Å². The van der Waals surface area contributed by atoms with Crippen molar-refractivity contribution >= 4 is 16.7 Å². The number of hydrogen-bond acceptors (Lipinski definition) is 4. The third-order valence-corrected chi connectivity index (χ3v) is 3.85. The lowest BCUT2D eigenvalue weighted by Crippen LogP contribution is -2.24. The summed E-state index contributed by atoms with van der Waals surface area (Å²) in [6.45, 7) is 3.38. The number of hydrogen-bond donors (Lipinski definition) is 3. The van der Waals surface area contributed by atoms with Crippen molar-refractivity contribution in [2.24, 2.45) is 5.92 Å². The summed E-state index contributed by atoms with van der Waals surface area (Å²) in [5.74, 6) is 1.46. The van der Waals surface area contributed by atoms with Gasteiger partial charge in [-0.2, -0.15) is 0 Å². The fourth-order valence-corrected chi connectivity index (χ4v) is 2.73. The SMILES string of the molecule is Nc1ccc2nc(CCN3CCC(CO)C3)[nH]c2c1. The first-order valence-electron chi connectivity index (χ1n) is 6.82. The Kier molecular flexibility index (Phi) is 3.40. The van der Waals surface area contributed by atoms with E-state index in [-0.39, 0.29) is 0 Å². The van der Waals surface area contributed by atoms with Crippen molar-refractivity contribution in [1.82, 2.24) is 14.9 Å². The maximum absolute atomic E-state index is 9.13. The van der Waals surface area contributed by atoms with E-state index < -0.39 is 0 Å². The summed E-state index contributed by atoms with van der Waals surface area (Å²) in [6, 6.07) is 5.74. The van der Waals surface area contributed by atoms with Crippen LogP contribution in [0.15, 0.2) is 18.2 Å². The Hall–Kier alpha value is -1.59. The summed E-state index contributed by atoms with van der Waals surface area (Å²) in [6.07, 6.45) is 2.01. The molecule has 1 saturated heterocycles. The first-order chi connectivity index (χ1) is 9.24. The van der Waals surface area contributed by atoms with Crippen LogP contribution in [0.5, 0.6) is 0 Å². The number of imidazole rings is 1. The molecule has 5 nitrogen and oxygen atoms in total. The first kappa shape index (κ1) is 12.4. The van der Waals surface area contributed by atoms with Gasteiger partial charge in [0.05, 0.1) is 11.0 Å². The van der Waals surface area contributed by atoms with Crippen LogP contribution in [0.3, 0.4) is 0 Å². The number of anilines is 1. The quantitative estimate of drug-likeness (QED) is 0.717. The van der Waals surface area contributed by atoms with E-state index in [0.29, 0.717) is 12.5 Å². The van der Waals surface area contributed by atoms with Crippen molar-refractivity contribution in [3.05, 3.63) is 24.0 Å². The molecule has 5 heteroatoms. The third kappa shape index (κ3) is 2.72. The number of aliphatic hydroxyl groups is 1. The molecule has 0 bridgehead atoms. The zero-order chi connectivity index (χ0) is 13.2. The predicted octanol–water partition coefficient (Wildman–Crippen LogP) is 1.00. The lowest BCUT2D eigenvalue weighted by molar-refractivity contribution is 0.222. The zero-order valence-electron chi connectivity index (χ0n) is 11.0. The third-order valence-electron chi connectivity index (χ3n) is 3.85. The highest BCUT2D eigenvalue weighted by Gasteiger charge is 2.21. The van der Waals surface area contributed by atoms with Crippen molar-refractivity contribution in [1.29, 1.82) is 0 Å². The van der Waals surface area contributed by atoms with Crippen molar-refractivity contribution < 1.29 is 5.11 Å². The Bertz CT molecular complexity index is 566. The fourth-order valence-electron chi connectivity index (χ4n) is 2.73. The number of aromatic amines is 1. The monoisotopic (exact) mass is 260 g/mol. The molecule has 4 N–H and O–H groups in total. The molecule has 2 aromatic rings. The molecule has 1 aliphatic rings. The van der Waals surface area contributed by atoms with Crippen LogP contribution in [0.1, 0.15) is 12.2 Å². The number of nitrogens with zero attached hydrogens (tertiary/aromatic N) is 2. The van der Waals surface area contributed by atoms with E-state index in [1.807, 2.05) is 18.2 Å². The molecule has 2 heterocycles. The van der Waals surface area contributed by atoms with Gasteiger partial charge in [0.25, 0.3) is 0 Å². The summed E-state index contributed by atoms with van der Waals surface area (Å²) in [5.41, 5.74) is 8.49. The average Bonchev–Trinajstić information content (AvgIpc) is 3.01. The molecule has 1 atom stereocenters. The van der Waals surface area contributed by atoms with Gasteiger partial charge in [0.2, 0.25) is 0 Å². The highest BCUT2D eigenvalue weighted by molar-refractivity contribution is 5.78. The maximum Gasteiger partial charge on any atom is 0.108 e. The molecule has 3 rings (SSSR count). The Morgan fingerprint density at radius 3 is 3.16 bits per heavy atom. The summed E-state index contributed by atoms with van der Waals surface area (Å²) >= 11 is 0. The molecule has 19 heavy (non-hydrogen) atoms. The standard InChI is InChI=1S/C14H20N4O/c15-11-1-2-12-13(7-11)17-14(16-12)4-6-18-5-3-10(8-18)9-19/h1-2,7,10,19H,3-6,8-9,15H2,(H,16,17). The fraction of sp³-hybridized carbons (Fsp3) is 0.500. The van der Waals surface area contributed by atoms with Gasteiger partial charge >= 0.3 is 0 Å². The van der Waals surface area contributed by atoms with E-state index in [0.717, 1.165) is 55.0 Å². The summed E-state index contributed by atoms with van der Waals surface area (Å²) < 4.78 is 0. The predicted molar refractivity (Wildman–Crippen MR) is 75.8 cm³/mol. The number of nitrogens with two attached hydrogens (primary N) is 1. The minimum Gasteiger partial charge on any atom is -0.399 e. The van der Waals surface area contributed by atoms with Gasteiger partial charge in [-0.3, -0.25) is 0 Å². The zero-order valence-corrected chi connectivity index (χ0v) is 11.0. The molecule has 1 aliphatic heterocycles. The van der Waals surface area contributed by atoms with Crippen LogP contribution in [0.25, 0.3) is 11.0 Å². The number of aromatic nitrogens is 2. The molecular weight excluding hydrogens is 240 g/mol. The highest BCUT2D eigenvalue weighted by Crippen LogP contribution is 2.17. The molecule has 1 fully saturated rings. The molecule has 0 radical (unpaired) electrons. The van der Waals surface area contributed by atoms with E-state index in [9.17, 15) is 0 Å². The van der Waals surface area contributed by atoms with E-state index in [2.05, 4.69) is 14.9 Å². The van der Waals surface area contributed by atoms with E-state index in [1.54, 1.807) is 0 Å². The lowest BCUT2D eigenvalue weighted by Gasteiger charge is -2.14. The van der Waals surface area contributed by atoms with Gasteiger partial charge in [0, 0.05) is 31.8 Å². The Morgan fingerprint density at radius 2 is 2.37 bits per heavy atom. The van der Waals surface area contributed by atoms with Crippen molar-refractivity contribution in [2.45, 2.75) is 12.8 Å². The highest BCUT2D eigenvalue weighted by atomic mass is 16.3. The normalized spacial score (nSPS) is 20.4. The van der Waals surface area contributed by atoms with Crippen LogP contribution in [-0.2, 0) is 6.42 Å². The second-order valence-corrected chi connectivity index (χ2v) is 5.35. The second kappa shape index (κ2) is 5.19. The molecule has 1 aromatic heterocycles. The average molecular weight is 260 g/mol. The summed E-state index contributed by atoms with van der Waals surface area (Å²) in [5, 5.41) is 9.13. The van der Waals surface area contributed by atoms with Crippen LogP contribution in [0, 0.1) is 5.92 Å². The summed E-state index contributed by atoms with van der Waals surface area (Å²) in [7, 11) is 0. The van der Waals surface area contributed by atoms with Gasteiger partial charge in [-0.05, 0) is 37.1 Å². The van der Waals surface area contributed by atoms with Crippen LogP contribution in [-0.4, -0.2) is 46.2 Å². The van der Waals surface area contributed by atoms with Crippen LogP contribution >= 0.6 is 0 Å². The minimum absolute atomic E-state index is 0.306. The second-order valence-electron chi connectivity index (χ2n) is 5.35. The van der Waals surface area contributed by atoms with Crippen molar-refractivity contribution in [3.63, 3.8) is 0 Å². The van der Waals surface area contributed by atoms with Gasteiger partial charge < -0.3 is 20.7 Å². The smallest absolute Gasteiger partial charge is 0.108 e. The number of aliphatic hydroxyl groups excluding tert-OH is 1. The number of nitrogen functional groups attached to an aromatic ring is 1. The summed E-state index contributed by atoms with van der Waals surface area (Å²) in [4.78, 5) is 10.3. The number of fused-ring (bicyclic) bond motifs is 1. The van der Waals surface area contributed by atoms with Crippen molar-refractivity contribution in [2.75, 3.05) is 32.0 Å². The van der Waals surface area contributed by atoms with E-state index >= 15 is 0 Å². The molecule has 1 unspecified atom stereocenters. The van der Waals surface area contributed by atoms with Gasteiger partial charge in [-0.25, -0.2) is 4.98 Å². The molecule has 0 aliphatic carbocycles. The van der Waals surface area contributed by atoms with Gasteiger partial charge in [0.15, 0.2) is 0 Å². The Balaban J connectivity index is 1.62. The largest absolute Gasteiger partial charge is 0.399 e. The van der Waals surface area contributed by atoms with Crippen LogP contribution in [0.2, 0.25) is 0 Å². The molecule has 0 spiro atoms. The lowest BCUT2D eigenvalue weighted by atomic mass is 10.1. The molecule has 0 amide bonds. The Labute approximate surface area is 112 Å². The topological polar surface area (TPSA) is 78.2 Å². The minimum atomic E-state index is 0.306. The van der Waals surface area contributed by atoms with E-state index in [4.69, 9.17) is 10.8 Å². The first-order valence-corrected chi connectivity index (χ1v) is 6.82. The number of benzene rings is 1. The number of H-pyrrole nitrogens is 1. The number of rotatable bonds is 4. The molecule has 102 valence electrons. The number of likely N-dealkylation sites (tertiary alicyclic amines) is 1. The van der Waals surface area contributed by atoms with Crippen LogP contribution < -0.4 is 5.73 Å². The van der Waals surface area contributed by atoms with E-state index in [1.165, 1.54) is 0 Å². The van der Waals surface area contributed by atoms with Gasteiger partial charge in [0.1, 0.15) is 5.82 Å². The maximum atomic E-state index is 9.13. The van der Waals surface area contributed by atoms with Gasteiger partial charge in [-0.1, -0.05) is 0 Å². The molecular formula is C14H20N4O. The van der Waals surface area contributed by atoms with Crippen LogP contribution in [0.4, 0.5) is 5.69 Å². The molecule has 0 saturated carbocycles. The number of nitrogens with one attached hydrogen (secondary N) is 1. The van der Waals surface area contributed by atoms with Gasteiger partial charge in [-0.15, -0.1) is 0 Å².